The smallest absolute Gasteiger partial charge is 0.306 e. The number of carbonyl (C=O) groups excluding carboxylic acids is 3. The third-order valence-corrected chi connectivity index (χ3v) is 8.36. The number of morpholine rings is 1. The number of hydrogen-bond acceptors (Lipinski definition) is 6. The molecule has 44 heavy (non-hydrogen) atoms. The first-order valence-corrected chi connectivity index (χ1v) is 15.2. The van der Waals surface area contributed by atoms with Gasteiger partial charge in [-0.1, -0.05) is 86.6 Å². The van der Waals surface area contributed by atoms with Crippen molar-refractivity contribution in [2.24, 2.45) is 11.8 Å². The van der Waals surface area contributed by atoms with E-state index in [9.17, 15) is 14.4 Å². The lowest BCUT2D eigenvalue weighted by atomic mass is 9.74. The van der Waals surface area contributed by atoms with E-state index in [2.05, 4.69) is 5.32 Å². The van der Waals surface area contributed by atoms with Gasteiger partial charge in [-0.25, -0.2) is 4.39 Å². The van der Waals surface area contributed by atoms with Crippen LogP contribution in [-0.4, -0.2) is 43.7 Å². The highest BCUT2D eigenvalue weighted by atomic mass is 19.1. The van der Waals surface area contributed by atoms with Crippen molar-refractivity contribution in [1.29, 1.82) is 0 Å². The molecule has 3 aromatic rings. The lowest BCUT2D eigenvalue weighted by molar-refractivity contribution is -0.146. The molecule has 8 heteroatoms. The molecule has 0 saturated carbocycles. The van der Waals surface area contributed by atoms with Crippen LogP contribution in [0.15, 0.2) is 72.8 Å². The molecule has 0 aromatic heterocycles. The van der Waals surface area contributed by atoms with Crippen LogP contribution in [0.3, 0.4) is 0 Å². The Hall–Kier alpha value is -4.04. The molecule has 3 atom stereocenters. The van der Waals surface area contributed by atoms with Crippen LogP contribution < -0.4 is 5.32 Å². The van der Waals surface area contributed by atoms with Gasteiger partial charge in [-0.05, 0) is 59.8 Å². The van der Waals surface area contributed by atoms with Gasteiger partial charge in [0.2, 0.25) is 5.91 Å². The van der Waals surface area contributed by atoms with Crippen LogP contribution in [-0.2, 0) is 48.0 Å². The molecule has 1 heterocycles. The number of methoxy groups -OCH3 is 1. The van der Waals surface area contributed by atoms with Gasteiger partial charge in [0.05, 0.1) is 19.3 Å². The summed E-state index contributed by atoms with van der Waals surface area (Å²) >= 11 is 0. The SMILES string of the molecule is COC(=O)CCCc1ccccc1-c1cccc(CC(C)C2(C[C@@H](C)CC(=O)OCc3ccccc3)COCC(=O)N2)c1F. The number of amides is 1. The van der Waals surface area contributed by atoms with Gasteiger partial charge in [-0.3, -0.25) is 14.4 Å². The Morgan fingerprint density at radius 2 is 1.66 bits per heavy atom. The van der Waals surface area contributed by atoms with E-state index >= 15 is 4.39 Å². The number of hydrogen-bond donors (Lipinski definition) is 1. The Morgan fingerprint density at radius 3 is 2.41 bits per heavy atom. The summed E-state index contributed by atoms with van der Waals surface area (Å²) in [4.78, 5) is 36.8. The molecule has 4 rings (SSSR count). The van der Waals surface area contributed by atoms with Gasteiger partial charge in [0, 0.05) is 18.4 Å². The highest BCUT2D eigenvalue weighted by Gasteiger charge is 2.42. The van der Waals surface area contributed by atoms with Crippen LogP contribution in [0.2, 0.25) is 0 Å². The van der Waals surface area contributed by atoms with E-state index in [1.807, 2.05) is 74.5 Å². The first kappa shape index (κ1) is 32.9. The predicted molar refractivity (Wildman–Crippen MR) is 166 cm³/mol. The highest BCUT2D eigenvalue weighted by Crippen LogP contribution is 2.35. The molecule has 1 N–H and O–H groups in total. The van der Waals surface area contributed by atoms with Crippen LogP contribution in [0.4, 0.5) is 4.39 Å². The second-order valence-corrected chi connectivity index (χ2v) is 11.8. The first-order valence-electron chi connectivity index (χ1n) is 15.2. The molecule has 3 aromatic carbocycles. The molecule has 7 nitrogen and oxygen atoms in total. The average Bonchev–Trinajstić information content (AvgIpc) is 3.01. The molecule has 0 bridgehead atoms. The number of aryl methyl sites for hydroxylation is 1. The summed E-state index contributed by atoms with van der Waals surface area (Å²) in [6.45, 7) is 4.39. The molecule has 0 aliphatic carbocycles. The van der Waals surface area contributed by atoms with E-state index in [1.165, 1.54) is 7.11 Å². The molecule has 1 fully saturated rings. The number of nitrogens with one attached hydrogen (secondary N) is 1. The predicted octanol–water partition coefficient (Wildman–Crippen LogP) is 6.21. The zero-order chi connectivity index (χ0) is 31.5. The van der Waals surface area contributed by atoms with Crippen molar-refractivity contribution in [2.75, 3.05) is 20.3 Å². The van der Waals surface area contributed by atoms with Gasteiger partial charge in [0.25, 0.3) is 0 Å². The van der Waals surface area contributed by atoms with Crippen molar-refractivity contribution < 1.29 is 33.0 Å². The Morgan fingerprint density at radius 1 is 0.955 bits per heavy atom. The maximum atomic E-state index is 16.2. The van der Waals surface area contributed by atoms with Crippen molar-refractivity contribution >= 4 is 17.8 Å². The first-order chi connectivity index (χ1) is 21.2. The molecule has 1 aliphatic rings. The Labute approximate surface area is 259 Å². The van der Waals surface area contributed by atoms with E-state index < -0.39 is 5.54 Å². The van der Waals surface area contributed by atoms with Gasteiger partial charge in [-0.15, -0.1) is 0 Å². The molecule has 234 valence electrons. The normalized spacial score (nSPS) is 17.8. The third kappa shape index (κ3) is 8.76. The zero-order valence-electron chi connectivity index (χ0n) is 25.8. The zero-order valence-corrected chi connectivity index (χ0v) is 25.8. The highest BCUT2D eigenvalue weighted by molar-refractivity contribution is 5.79. The summed E-state index contributed by atoms with van der Waals surface area (Å²) < 4.78 is 32.1. The molecule has 1 aliphatic heterocycles. The topological polar surface area (TPSA) is 90.9 Å². The van der Waals surface area contributed by atoms with Gasteiger partial charge >= 0.3 is 11.9 Å². The number of rotatable bonds is 14. The fourth-order valence-electron chi connectivity index (χ4n) is 6.02. The lowest BCUT2D eigenvalue weighted by Gasteiger charge is -2.44. The number of benzene rings is 3. The monoisotopic (exact) mass is 603 g/mol. The van der Waals surface area contributed by atoms with E-state index in [0.717, 1.165) is 16.7 Å². The minimum Gasteiger partial charge on any atom is -0.469 e. The summed E-state index contributed by atoms with van der Waals surface area (Å²) in [5, 5.41) is 3.15. The molecular formula is C36H42FNO6. The van der Waals surface area contributed by atoms with Gasteiger partial charge in [-0.2, -0.15) is 0 Å². The van der Waals surface area contributed by atoms with Crippen molar-refractivity contribution in [3.63, 3.8) is 0 Å². The van der Waals surface area contributed by atoms with Gasteiger partial charge in [0.1, 0.15) is 19.0 Å². The second-order valence-electron chi connectivity index (χ2n) is 11.8. The summed E-state index contributed by atoms with van der Waals surface area (Å²) in [5.41, 5.74) is 2.92. The maximum Gasteiger partial charge on any atom is 0.306 e. The maximum absolute atomic E-state index is 16.2. The minimum atomic E-state index is -0.775. The number of esters is 2. The molecule has 0 radical (unpaired) electrons. The van der Waals surface area contributed by atoms with E-state index in [1.54, 1.807) is 12.1 Å². The standard InChI is InChI=1S/C36H42FNO6/c1-25(19-34(41)44-22-27-11-5-4-6-12-27)21-36(24-43-23-32(39)38-36)26(2)20-29-15-9-17-31(35(29)37)30-16-8-7-13-28(30)14-10-18-33(40)42-3/h4-9,11-13,15-17,25-26H,10,14,18-24H2,1-3H3,(H,38,39)/t25-,26?,36?/m0/s1. The van der Waals surface area contributed by atoms with E-state index in [0.29, 0.717) is 43.2 Å². The third-order valence-electron chi connectivity index (χ3n) is 8.36. The van der Waals surface area contributed by atoms with Crippen LogP contribution >= 0.6 is 0 Å². The molecule has 2 unspecified atom stereocenters. The molecule has 0 spiro atoms. The largest absolute Gasteiger partial charge is 0.469 e. The fraction of sp³-hybridized carbons (Fsp3) is 0.417. The van der Waals surface area contributed by atoms with Gasteiger partial charge < -0.3 is 19.5 Å². The Balaban J connectivity index is 1.48. The molecule has 1 amide bonds. The quantitative estimate of drug-likeness (QED) is 0.220. The van der Waals surface area contributed by atoms with Crippen LogP contribution in [0.5, 0.6) is 0 Å². The van der Waals surface area contributed by atoms with Crippen LogP contribution in [0, 0.1) is 17.7 Å². The summed E-state index contributed by atoms with van der Waals surface area (Å²) in [7, 11) is 1.37. The number of ether oxygens (including phenoxy) is 3. The van der Waals surface area contributed by atoms with Crippen molar-refractivity contribution in [2.45, 2.75) is 64.5 Å². The molecular weight excluding hydrogens is 561 g/mol. The summed E-state index contributed by atoms with van der Waals surface area (Å²) in [6.07, 6.45) is 2.53. The Bertz CT molecular complexity index is 1430. The van der Waals surface area contributed by atoms with Crippen molar-refractivity contribution in [3.05, 3.63) is 95.3 Å². The number of carbonyl (C=O) groups is 3. The lowest BCUT2D eigenvalue weighted by Crippen LogP contribution is -2.61. The summed E-state index contributed by atoms with van der Waals surface area (Å²) in [5.74, 6) is -1.43. The second kappa shape index (κ2) is 15.6. The molecule has 1 saturated heterocycles. The van der Waals surface area contributed by atoms with Crippen LogP contribution in [0.1, 0.15) is 56.2 Å². The number of halogens is 1. The summed E-state index contributed by atoms with van der Waals surface area (Å²) in [6, 6.07) is 22.5. The van der Waals surface area contributed by atoms with Crippen molar-refractivity contribution in [1.82, 2.24) is 5.32 Å². The fourth-order valence-corrected chi connectivity index (χ4v) is 6.02. The van der Waals surface area contributed by atoms with Crippen molar-refractivity contribution in [3.8, 4) is 11.1 Å². The van der Waals surface area contributed by atoms with Gasteiger partial charge in [0.15, 0.2) is 0 Å². The van der Waals surface area contributed by atoms with E-state index in [-0.39, 0.29) is 61.7 Å². The average molecular weight is 604 g/mol. The van der Waals surface area contributed by atoms with Crippen LogP contribution in [0.25, 0.3) is 11.1 Å². The Kier molecular flexibility index (Phi) is 11.7. The minimum absolute atomic E-state index is 0.0292. The van der Waals surface area contributed by atoms with E-state index in [4.69, 9.17) is 14.2 Å².